The Bertz CT molecular complexity index is 596. The van der Waals surface area contributed by atoms with Gasteiger partial charge in [-0.3, -0.25) is 0 Å². The number of benzene rings is 1. The molecule has 2 unspecified atom stereocenters. The van der Waals surface area contributed by atoms with Gasteiger partial charge in [-0.25, -0.2) is 4.39 Å². The van der Waals surface area contributed by atoms with Crippen molar-refractivity contribution in [1.29, 1.82) is 0 Å². The largest absolute Gasteiger partial charge is 0.282 e. The average Bonchev–Trinajstić information content (AvgIpc) is 2.43. The minimum absolute atomic E-state index is 0.204. The molecule has 1 saturated heterocycles. The van der Waals surface area contributed by atoms with Crippen LogP contribution in [0, 0.1) is 17.7 Å². The maximum absolute atomic E-state index is 13.3. The monoisotopic (exact) mass is 328 g/mol. The van der Waals surface area contributed by atoms with E-state index in [0.29, 0.717) is 37.0 Å². The molecule has 22 heavy (non-hydrogen) atoms. The van der Waals surface area contributed by atoms with Crippen LogP contribution in [0.4, 0.5) is 4.39 Å². The lowest BCUT2D eigenvalue weighted by Gasteiger charge is -2.37. The third-order valence-corrected chi connectivity index (χ3v) is 6.08. The van der Waals surface area contributed by atoms with Gasteiger partial charge in [-0.05, 0) is 36.0 Å². The van der Waals surface area contributed by atoms with E-state index in [9.17, 15) is 12.8 Å². The van der Waals surface area contributed by atoms with Crippen LogP contribution in [0.2, 0.25) is 0 Å². The second-order valence-electron chi connectivity index (χ2n) is 6.33. The summed E-state index contributed by atoms with van der Waals surface area (Å²) in [6.45, 7) is 7.68. The van der Waals surface area contributed by atoms with Crippen molar-refractivity contribution < 1.29 is 12.8 Å². The zero-order chi connectivity index (χ0) is 16.3. The van der Waals surface area contributed by atoms with Gasteiger partial charge in [0.1, 0.15) is 5.82 Å². The standard InChI is InChI=1S/C16H25FN2O2S/c1-4-18(12-15-6-5-7-16(17)9-15)22(20,21)19-10-13(2)8-14(3)11-19/h5-7,9,13-14H,4,8,10-12H2,1-3H3. The predicted molar refractivity (Wildman–Crippen MR) is 85.9 cm³/mol. The fourth-order valence-electron chi connectivity index (χ4n) is 3.15. The number of nitrogens with zero attached hydrogens (tertiary/aromatic N) is 2. The van der Waals surface area contributed by atoms with E-state index in [1.165, 1.54) is 16.4 Å². The van der Waals surface area contributed by atoms with Crippen LogP contribution >= 0.6 is 0 Å². The van der Waals surface area contributed by atoms with E-state index in [1.54, 1.807) is 16.4 Å². The van der Waals surface area contributed by atoms with Crippen molar-refractivity contribution in [2.24, 2.45) is 11.8 Å². The van der Waals surface area contributed by atoms with Crippen LogP contribution in [-0.2, 0) is 16.8 Å². The molecule has 124 valence electrons. The molecular weight excluding hydrogens is 303 g/mol. The van der Waals surface area contributed by atoms with E-state index in [2.05, 4.69) is 13.8 Å². The van der Waals surface area contributed by atoms with Gasteiger partial charge in [-0.2, -0.15) is 17.0 Å². The van der Waals surface area contributed by atoms with Gasteiger partial charge in [0.05, 0.1) is 0 Å². The highest BCUT2D eigenvalue weighted by molar-refractivity contribution is 7.86. The summed E-state index contributed by atoms with van der Waals surface area (Å²) < 4.78 is 42.0. The molecule has 1 aliphatic rings. The fourth-order valence-corrected chi connectivity index (χ4v) is 5.00. The first-order chi connectivity index (χ1) is 10.3. The molecule has 0 spiro atoms. The van der Waals surface area contributed by atoms with E-state index in [4.69, 9.17) is 0 Å². The lowest BCUT2D eigenvalue weighted by molar-refractivity contribution is 0.208. The summed E-state index contributed by atoms with van der Waals surface area (Å²) in [5.41, 5.74) is 0.670. The van der Waals surface area contributed by atoms with Gasteiger partial charge in [-0.15, -0.1) is 0 Å². The Hall–Kier alpha value is -0.980. The second-order valence-corrected chi connectivity index (χ2v) is 8.26. The summed E-state index contributed by atoms with van der Waals surface area (Å²) in [6.07, 6.45) is 1.06. The van der Waals surface area contributed by atoms with Crippen molar-refractivity contribution in [2.75, 3.05) is 19.6 Å². The van der Waals surface area contributed by atoms with E-state index in [-0.39, 0.29) is 12.4 Å². The van der Waals surface area contributed by atoms with Crippen molar-refractivity contribution >= 4 is 10.2 Å². The van der Waals surface area contributed by atoms with Crippen molar-refractivity contribution in [1.82, 2.24) is 8.61 Å². The summed E-state index contributed by atoms with van der Waals surface area (Å²) in [5, 5.41) is 0. The number of piperidine rings is 1. The van der Waals surface area contributed by atoms with Gasteiger partial charge in [0, 0.05) is 26.2 Å². The van der Waals surface area contributed by atoms with Crippen LogP contribution in [0.1, 0.15) is 32.8 Å². The predicted octanol–water partition coefficient (Wildman–Crippen LogP) is 2.87. The molecule has 4 nitrogen and oxygen atoms in total. The zero-order valence-electron chi connectivity index (χ0n) is 13.5. The van der Waals surface area contributed by atoms with Crippen LogP contribution in [0.25, 0.3) is 0 Å². The van der Waals surface area contributed by atoms with Crippen LogP contribution in [0.5, 0.6) is 0 Å². The van der Waals surface area contributed by atoms with E-state index in [1.807, 2.05) is 6.92 Å². The van der Waals surface area contributed by atoms with Crippen LogP contribution in [0.3, 0.4) is 0 Å². The van der Waals surface area contributed by atoms with Gasteiger partial charge >= 0.3 is 0 Å². The molecule has 2 atom stereocenters. The lowest BCUT2D eigenvalue weighted by atomic mass is 9.94. The molecule has 1 fully saturated rings. The molecule has 0 bridgehead atoms. The van der Waals surface area contributed by atoms with Crippen molar-refractivity contribution in [3.05, 3.63) is 35.6 Å². The molecule has 1 heterocycles. The highest BCUT2D eigenvalue weighted by Gasteiger charge is 2.34. The smallest absolute Gasteiger partial charge is 0.207 e. The van der Waals surface area contributed by atoms with Gasteiger partial charge in [0.15, 0.2) is 0 Å². The molecule has 1 aliphatic heterocycles. The van der Waals surface area contributed by atoms with Gasteiger partial charge < -0.3 is 0 Å². The quantitative estimate of drug-likeness (QED) is 0.834. The minimum Gasteiger partial charge on any atom is -0.207 e. The first-order valence-corrected chi connectivity index (χ1v) is 9.22. The molecule has 0 saturated carbocycles. The Morgan fingerprint density at radius 3 is 2.45 bits per heavy atom. The maximum atomic E-state index is 13.3. The summed E-state index contributed by atoms with van der Waals surface area (Å²) in [6, 6.07) is 6.11. The first-order valence-electron chi connectivity index (χ1n) is 7.82. The third kappa shape index (κ3) is 4.06. The molecule has 0 aliphatic carbocycles. The average molecular weight is 328 g/mol. The van der Waals surface area contributed by atoms with Crippen molar-refractivity contribution in [3.63, 3.8) is 0 Å². The number of hydrogen-bond acceptors (Lipinski definition) is 2. The molecule has 0 amide bonds. The molecule has 1 aromatic carbocycles. The van der Waals surface area contributed by atoms with Gasteiger partial charge in [0.25, 0.3) is 10.2 Å². The van der Waals surface area contributed by atoms with Crippen molar-refractivity contribution in [2.45, 2.75) is 33.7 Å². The van der Waals surface area contributed by atoms with Crippen LogP contribution < -0.4 is 0 Å². The second kappa shape index (κ2) is 7.06. The van der Waals surface area contributed by atoms with Gasteiger partial charge in [0.2, 0.25) is 0 Å². The maximum Gasteiger partial charge on any atom is 0.282 e. The fraction of sp³-hybridized carbons (Fsp3) is 0.625. The SMILES string of the molecule is CCN(Cc1cccc(F)c1)S(=O)(=O)N1CC(C)CC(C)C1. The van der Waals surface area contributed by atoms with E-state index >= 15 is 0 Å². The molecule has 0 radical (unpaired) electrons. The highest BCUT2D eigenvalue weighted by atomic mass is 32.2. The lowest BCUT2D eigenvalue weighted by Crippen LogP contribution is -2.49. The van der Waals surface area contributed by atoms with Crippen molar-refractivity contribution in [3.8, 4) is 0 Å². The normalized spacial score (nSPS) is 23.9. The van der Waals surface area contributed by atoms with E-state index in [0.717, 1.165) is 6.42 Å². The van der Waals surface area contributed by atoms with Crippen LogP contribution in [-0.4, -0.2) is 36.7 Å². The Labute approximate surface area is 133 Å². The highest BCUT2D eigenvalue weighted by Crippen LogP contribution is 2.25. The molecule has 0 aromatic heterocycles. The Morgan fingerprint density at radius 1 is 1.27 bits per heavy atom. The Balaban J connectivity index is 2.17. The molecule has 1 aromatic rings. The molecule has 2 rings (SSSR count). The molecule has 6 heteroatoms. The number of halogens is 1. The Kier molecular flexibility index (Phi) is 5.58. The number of hydrogen-bond donors (Lipinski definition) is 0. The molecular formula is C16H25FN2O2S. The summed E-state index contributed by atoms with van der Waals surface area (Å²) in [4.78, 5) is 0. The summed E-state index contributed by atoms with van der Waals surface area (Å²) in [5.74, 6) is 0.393. The van der Waals surface area contributed by atoms with Gasteiger partial charge in [-0.1, -0.05) is 32.9 Å². The molecule has 0 N–H and O–H groups in total. The minimum atomic E-state index is -3.51. The summed E-state index contributed by atoms with van der Waals surface area (Å²) in [7, 11) is -3.51. The summed E-state index contributed by atoms with van der Waals surface area (Å²) >= 11 is 0. The number of rotatable bonds is 5. The third-order valence-electron chi connectivity index (χ3n) is 4.09. The first kappa shape index (κ1) is 17.4. The Morgan fingerprint density at radius 2 is 1.91 bits per heavy atom. The topological polar surface area (TPSA) is 40.6 Å². The van der Waals surface area contributed by atoms with Crippen LogP contribution in [0.15, 0.2) is 24.3 Å². The van der Waals surface area contributed by atoms with E-state index < -0.39 is 10.2 Å². The zero-order valence-corrected chi connectivity index (χ0v) is 14.3.